The van der Waals surface area contributed by atoms with Crippen LogP contribution in [0.25, 0.3) is 10.3 Å². The minimum atomic E-state index is -0.520. The van der Waals surface area contributed by atoms with Crippen LogP contribution in [0.2, 0.25) is 0 Å². The topological polar surface area (TPSA) is 106 Å². The zero-order chi connectivity index (χ0) is 22.7. The quantitative estimate of drug-likeness (QED) is 0.570. The first-order valence-electron chi connectivity index (χ1n) is 10.6. The van der Waals surface area contributed by atoms with Gasteiger partial charge in [-0.25, -0.2) is 9.78 Å². The predicted octanol–water partition coefficient (Wildman–Crippen LogP) is 2.90. The molecule has 1 aliphatic rings. The van der Waals surface area contributed by atoms with Gasteiger partial charge in [-0.3, -0.25) is 14.2 Å². The van der Waals surface area contributed by atoms with Gasteiger partial charge in [0.25, 0.3) is 5.56 Å². The molecule has 1 amide bonds. The summed E-state index contributed by atoms with van der Waals surface area (Å²) in [4.78, 5) is 48.7. The van der Waals surface area contributed by atoms with E-state index in [4.69, 9.17) is 4.74 Å². The number of nitrogens with zero attached hydrogens (tertiary/aromatic N) is 4. The van der Waals surface area contributed by atoms with Gasteiger partial charge < -0.3 is 15.0 Å². The zero-order valence-electron chi connectivity index (χ0n) is 18.0. The van der Waals surface area contributed by atoms with Crippen LogP contribution < -0.4 is 15.8 Å². The standard InChI is InChI=1S/C22H25N5O4S/c1-3-31-21(30)15-8-4-5-9-16(15)24-17(28)12-27-13-23-19-18(20(27)29)32-22(25-19)26-10-6-7-14(2)11-26/h4-5,8-9,13-14H,3,6-7,10-12H2,1-2H3,(H,24,28). The van der Waals surface area contributed by atoms with Gasteiger partial charge >= 0.3 is 5.97 Å². The van der Waals surface area contributed by atoms with Gasteiger partial charge in [-0.1, -0.05) is 30.4 Å². The molecule has 4 rings (SSSR count). The van der Waals surface area contributed by atoms with Crippen molar-refractivity contribution in [1.29, 1.82) is 0 Å². The number of aromatic nitrogens is 3. The molecule has 1 N–H and O–H groups in total. The Morgan fingerprint density at radius 3 is 2.91 bits per heavy atom. The molecule has 2 aromatic heterocycles. The second-order valence-electron chi connectivity index (χ2n) is 7.83. The van der Waals surface area contributed by atoms with Gasteiger partial charge in [0, 0.05) is 13.1 Å². The predicted molar refractivity (Wildman–Crippen MR) is 123 cm³/mol. The SMILES string of the molecule is CCOC(=O)c1ccccc1NC(=O)Cn1cnc2nc(N3CCCC(C)C3)sc2c1=O. The Labute approximate surface area is 189 Å². The van der Waals surface area contributed by atoms with Gasteiger partial charge in [-0.15, -0.1) is 0 Å². The number of piperidine rings is 1. The molecule has 0 spiro atoms. The van der Waals surface area contributed by atoms with Crippen LogP contribution >= 0.6 is 11.3 Å². The number of benzene rings is 1. The van der Waals surface area contributed by atoms with E-state index in [0.717, 1.165) is 24.6 Å². The summed E-state index contributed by atoms with van der Waals surface area (Å²) in [7, 11) is 0. The Bertz CT molecular complexity index is 1200. The average Bonchev–Trinajstić information content (AvgIpc) is 3.22. The molecule has 3 heterocycles. The molecule has 1 fully saturated rings. The molecular weight excluding hydrogens is 430 g/mol. The molecule has 3 aromatic rings. The number of rotatable bonds is 6. The smallest absolute Gasteiger partial charge is 0.340 e. The number of carbonyl (C=O) groups excluding carboxylic acids is 2. The Morgan fingerprint density at radius 1 is 1.31 bits per heavy atom. The number of hydrogen-bond donors (Lipinski definition) is 1. The molecular formula is C22H25N5O4S. The van der Waals surface area contributed by atoms with Crippen LogP contribution in [0.5, 0.6) is 0 Å². The van der Waals surface area contributed by atoms with Crippen LogP contribution in [0.4, 0.5) is 10.8 Å². The summed E-state index contributed by atoms with van der Waals surface area (Å²) in [6.45, 7) is 5.76. The Balaban J connectivity index is 1.52. The maximum Gasteiger partial charge on any atom is 0.340 e. The highest BCUT2D eigenvalue weighted by Gasteiger charge is 2.21. The lowest BCUT2D eigenvalue weighted by molar-refractivity contribution is -0.116. The summed E-state index contributed by atoms with van der Waals surface area (Å²) < 4.78 is 6.72. The average molecular weight is 456 g/mol. The van der Waals surface area contributed by atoms with Crippen molar-refractivity contribution in [2.75, 3.05) is 29.9 Å². The number of anilines is 2. The first-order chi connectivity index (χ1) is 15.5. The monoisotopic (exact) mass is 455 g/mol. The van der Waals surface area contributed by atoms with Crippen molar-refractivity contribution < 1.29 is 14.3 Å². The van der Waals surface area contributed by atoms with Crippen LogP contribution in [0, 0.1) is 5.92 Å². The van der Waals surface area contributed by atoms with Crippen molar-refractivity contribution in [2.45, 2.75) is 33.2 Å². The number of ether oxygens (including phenoxy) is 1. The summed E-state index contributed by atoms with van der Waals surface area (Å²) in [5.41, 5.74) is 0.680. The third-order valence-corrected chi connectivity index (χ3v) is 6.40. The van der Waals surface area contributed by atoms with Crippen LogP contribution in [-0.2, 0) is 16.1 Å². The van der Waals surface area contributed by atoms with Crippen LogP contribution in [0.15, 0.2) is 35.4 Å². The summed E-state index contributed by atoms with van der Waals surface area (Å²) in [5, 5.41) is 3.48. The fraction of sp³-hybridized carbons (Fsp3) is 0.409. The molecule has 1 aliphatic heterocycles. The zero-order valence-corrected chi connectivity index (χ0v) is 18.9. The van der Waals surface area contributed by atoms with E-state index in [1.807, 2.05) is 0 Å². The maximum absolute atomic E-state index is 13.0. The lowest BCUT2D eigenvalue weighted by atomic mass is 10.0. The highest BCUT2D eigenvalue weighted by molar-refractivity contribution is 7.22. The van der Waals surface area contributed by atoms with E-state index in [-0.39, 0.29) is 24.3 Å². The van der Waals surface area contributed by atoms with Crippen molar-refractivity contribution in [1.82, 2.24) is 14.5 Å². The number of hydrogen-bond acceptors (Lipinski definition) is 8. The second kappa shape index (κ2) is 9.47. The molecule has 0 bridgehead atoms. The highest BCUT2D eigenvalue weighted by Crippen LogP contribution is 2.29. The number of thiazole rings is 1. The number of carbonyl (C=O) groups is 2. The van der Waals surface area contributed by atoms with Gasteiger partial charge in [0.15, 0.2) is 10.8 Å². The van der Waals surface area contributed by atoms with Gasteiger partial charge in [-0.2, -0.15) is 4.98 Å². The van der Waals surface area contributed by atoms with Crippen molar-refractivity contribution in [2.24, 2.45) is 5.92 Å². The number of nitrogens with one attached hydrogen (secondary N) is 1. The molecule has 0 aliphatic carbocycles. The first kappa shape index (κ1) is 21.9. The summed E-state index contributed by atoms with van der Waals surface area (Å²) in [6.07, 6.45) is 3.63. The molecule has 32 heavy (non-hydrogen) atoms. The number of esters is 1. The highest BCUT2D eigenvalue weighted by atomic mass is 32.1. The van der Waals surface area contributed by atoms with E-state index in [1.165, 1.54) is 28.7 Å². The molecule has 1 atom stereocenters. The van der Waals surface area contributed by atoms with Gasteiger partial charge in [0.05, 0.1) is 17.9 Å². The Hall–Kier alpha value is -3.27. The summed E-state index contributed by atoms with van der Waals surface area (Å²) in [6, 6.07) is 6.59. The van der Waals surface area contributed by atoms with Crippen LogP contribution in [0.3, 0.4) is 0 Å². The van der Waals surface area contributed by atoms with Crippen molar-refractivity contribution in [3.8, 4) is 0 Å². The molecule has 0 radical (unpaired) electrons. The third kappa shape index (κ3) is 4.64. The van der Waals surface area contributed by atoms with E-state index in [9.17, 15) is 14.4 Å². The van der Waals surface area contributed by atoms with Gasteiger partial charge in [0.1, 0.15) is 17.6 Å². The number of para-hydroxylation sites is 1. The number of amides is 1. The summed E-state index contributed by atoms with van der Waals surface area (Å²) in [5.74, 6) is -0.381. The normalized spacial score (nSPS) is 16.2. The molecule has 1 unspecified atom stereocenters. The molecule has 10 heteroatoms. The fourth-order valence-corrected chi connectivity index (χ4v) is 4.77. The van der Waals surface area contributed by atoms with Crippen molar-refractivity contribution >= 4 is 44.4 Å². The lowest BCUT2D eigenvalue weighted by Crippen LogP contribution is -2.34. The minimum Gasteiger partial charge on any atom is -0.462 e. The van der Waals surface area contributed by atoms with E-state index in [0.29, 0.717) is 22.0 Å². The molecule has 9 nitrogen and oxygen atoms in total. The Kier molecular flexibility index (Phi) is 6.50. The largest absolute Gasteiger partial charge is 0.462 e. The van der Waals surface area contributed by atoms with Crippen molar-refractivity contribution in [3.05, 3.63) is 46.5 Å². The van der Waals surface area contributed by atoms with E-state index in [2.05, 4.69) is 27.1 Å². The van der Waals surface area contributed by atoms with E-state index < -0.39 is 11.9 Å². The van der Waals surface area contributed by atoms with E-state index >= 15 is 0 Å². The fourth-order valence-electron chi connectivity index (χ4n) is 3.77. The van der Waals surface area contributed by atoms with Crippen LogP contribution in [0.1, 0.15) is 37.0 Å². The molecule has 1 aromatic carbocycles. The Morgan fingerprint density at radius 2 is 2.12 bits per heavy atom. The molecule has 168 valence electrons. The van der Waals surface area contributed by atoms with Crippen molar-refractivity contribution in [3.63, 3.8) is 0 Å². The second-order valence-corrected chi connectivity index (χ2v) is 8.81. The molecule has 1 saturated heterocycles. The summed E-state index contributed by atoms with van der Waals surface area (Å²) >= 11 is 1.32. The third-order valence-electron chi connectivity index (χ3n) is 5.31. The number of fused-ring (bicyclic) bond motifs is 1. The first-order valence-corrected chi connectivity index (χ1v) is 11.4. The van der Waals surface area contributed by atoms with Gasteiger partial charge in [0.2, 0.25) is 5.91 Å². The van der Waals surface area contributed by atoms with Crippen LogP contribution in [-0.4, -0.2) is 46.1 Å². The van der Waals surface area contributed by atoms with E-state index in [1.54, 1.807) is 31.2 Å². The minimum absolute atomic E-state index is 0.229. The maximum atomic E-state index is 13.0. The lowest BCUT2D eigenvalue weighted by Gasteiger charge is -2.30. The molecule has 0 saturated carbocycles. The van der Waals surface area contributed by atoms with Gasteiger partial charge in [-0.05, 0) is 37.8 Å².